The van der Waals surface area contributed by atoms with Gasteiger partial charge in [-0.2, -0.15) is 0 Å². The predicted octanol–water partition coefficient (Wildman–Crippen LogP) is 6.63. The van der Waals surface area contributed by atoms with Crippen molar-refractivity contribution in [1.29, 1.82) is 0 Å². The van der Waals surface area contributed by atoms with E-state index >= 15 is 0 Å². The van der Waals surface area contributed by atoms with Crippen LogP contribution in [-0.4, -0.2) is 55.2 Å². The molecular weight excluding hydrogens is 563 g/mol. The highest BCUT2D eigenvalue weighted by Gasteiger charge is 2.41. The average Bonchev–Trinajstić information content (AvgIpc) is 3.35. The summed E-state index contributed by atoms with van der Waals surface area (Å²) in [5.41, 5.74) is 3.97. The fourth-order valence-corrected chi connectivity index (χ4v) is 6.63. The molecule has 0 saturated carbocycles. The van der Waals surface area contributed by atoms with Gasteiger partial charge in [0.2, 0.25) is 0 Å². The summed E-state index contributed by atoms with van der Waals surface area (Å²) >= 11 is 14.7. The first-order chi connectivity index (χ1) is 19.4. The number of para-hydroxylation sites is 1. The molecule has 9 heteroatoms. The van der Waals surface area contributed by atoms with Crippen LogP contribution in [0.1, 0.15) is 22.7 Å². The van der Waals surface area contributed by atoms with Gasteiger partial charge in [-0.1, -0.05) is 77.8 Å². The molecule has 5 rings (SSSR count). The first-order valence-electron chi connectivity index (χ1n) is 12.9. The molecule has 0 saturated heterocycles. The number of halogens is 2. The number of thioether (sulfide) groups is 1. The van der Waals surface area contributed by atoms with Crippen molar-refractivity contribution in [3.8, 4) is 5.75 Å². The van der Waals surface area contributed by atoms with Crippen molar-refractivity contribution >= 4 is 50.9 Å². The van der Waals surface area contributed by atoms with Crippen LogP contribution >= 0.6 is 35.0 Å². The number of amides is 1. The second kappa shape index (κ2) is 12.5. The van der Waals surface area contributed by atoms with Crippen LogP contribution in [0, 0.1) is 0 Å². The molecular formula is C31H30Cl2N4O2S. The minimum Gasteiger partial charge on any atom is -0.496 e. The molecule has 3 aromatic rings. The predicted molar refractivity (Wildman–Crippen MR) is 166 cm³/mol. The van der Waals surface area contributed by atoms with Crippen LogP contribution in [0.3, 0.4) is 0 Å². The van der Waals surface area contributed by atoms with Crippen LogP contribution < -0.4 is 10.1 Å². The SMILES string of the molecule is COc1ccccc1C1C(C(=O)NCCN(C)C)=C(Cc2ccccc2)N=C2SC(c3c(Cl)cccc3Cl)=CN21. The van der Waals surface area contributed by atoms with Crippen molar-refractivity contribution in [2.24, 2.45) is 4.99 Å². The molecule has 2 heterocycles. The zero-order chi connectivity index (χ0) is 28.2. The summed E-state index contributed by atoms with van der Waals surface area (Å²) in [4.78, 5) is 24.0. The summed E-state index contributed by atoms with van der Waals surface area (Å²) in [5.74, 6) is 0.531. The number of amidine groups is 1. The van der Waals surface area contributed by atoms with Crippen LogP contribution in [0.25, 0.3) is 4.91 Å². The first-order valence-corrected chi connectivity index (χ1v) is 14.5. The lowest BCUT2D eigenvalue weighted by atomic mass is 9.91. The number of benzene rings is 3. The van der Waals surface area contributed by atoms with E-state index in [0.717, 1.165) is 33.3 Å². The smallest absolute Gasteiger partial charge is 0.251 e. The number of nitrogens with zero attached hydrogens (tertiary/aromatic N) is 3. The number of allylic oxidation sites excluding steroid dienone is 1. The molecule has 1 atom stereocenters. The summed E-state index contributed by atoms with van der Waals surface area (Å²) in [6.45, 7) is 1.23. The molecule has 206 valence electrons. The number of rotatable bonds is 9. The fourth-order valence-electron chi connectivity index (χ4n) is 4.81. The zero-order valence-corrected chi connectivity index (χ0v) is 24.9. The maximum atomic E-state index is 14.0. The van der Waals surface area contributed by atoms with Crippen LogP contribution in [0.5, 0.6) is 5.75 Å². The van der Waals surface area contributed by atoms with Crippen LogP contribution in [0.4, 0.5) is 0 Å². The van der Waals surface area contributed by atoms with Crippen molar-refractivity contribution in [3.63, 3.8) is 0 Å². The van der Waals surface area contributed by atoms with Gasteiger partial charge in [0.15, 0.2) is 5.17 Å². The molecule has 0 aliphatic carbocycles. The molecule has 6 nitrogen and oxygen atoms in total. The standard InChI is InChI=1S/C31H30Cl2N4O2S/c1-36(2)17-16-34-30(38)28-24(18-20-10-5-4-6-11-20)35-31-37(29(28)21-12-7-8-15-25(21)39-3)19-26(40-31)27-22(32)13-9-14-23(27)33/h4-15,19,29H,16-18H2,1-3H3,(H,34,38). The summed E-state index contributed by atoms with van der Waals surface area (Å²) in [7, 11) is 5.61. The summed E-state index contributed by atoms with van der Waals surface area (Å²) in [5, 5.41) is 4.99. The Balaban J connectivity index is 1.67. The van der Waals surface area contributed by atoms with Crippen molar-refractivity contribution in [2.45, 2.75) is 12.5 Å². The van der Waals surface area contributed by atoms with Gasteiger partial charge in [-0.05, 0) is 49.6 Å². The number of carbonyl (C=O) groups is 1. The lowest BCUT2D eigenvalue weighted by Gasteiger charge is -2.35. The van der Waals surface area contributed by atoms with Gasteiger partial charge in [0.1, 0.15) is 5.75 Å². The van der Waals surface area contributed by atoms with E-state index in [9.17, 15) is 4.79 Å². The van der Waals surface area contributed by atoms with Gasteiger partial charge in [-0.25, -0.2) is 4.99 Å². The van der Waals surface area contributed by atoms with E-state index in [-0.39, 0.29) is 5.91 Å². The van der Waals surface area contributed by atoms with E-state index < -0.39 is 6.04 Å². The summed E-state index contributed by atoms with van der Waals surface area (Å²) in [6, 6.07) is 22.9. The maximum Gasteiger partial charge on any atom is 0.251 e. The molecule has 1 N–H and O–H groups in total. The average molecular weight is 594 g/mol. The lowest BCUT2D eigenvalue weighted by Crippen LogP contribution is -2.40. The Kier molecular flexibility index (Phi) is 8.86. The topological polar surface area (TPSA) is 57.2 Å². The van der Waals surface area contributed by atoms with Gasteiger partial charge in [0.25, 0.3) is 5.91 Å². The van der Waals surface area contributed by atoms with Crippen molar-refractivity contribution in [1.82, 2.24) is 15.1 Å². The molecule has 0 spiro atoms. The first kappa shape index (κ1) is 28.3. The van der Waals surface area contributed by atoms with Gasteiger partial charge in [0.05, 0.1) is 34.5 Å². The number of carbonyl (C=O) groups excluding carboxylic acids is 1. The van der Waals surface area contributed by atoms with Gasteiger partial charge in [0, 0.05) is 41.7 Å². The number of hydrogen-bond donors (Lipinski definition) is 1. The Morgan fingerprint density at radius 3 is 2.42 bits per heavy atom. The molecule has 1 amide bonds. The van der Waals surface area contributed by atoms with E-state index in [0.29, 0.717) is 40.0 Å². The van der Waals surface area contributed by atoms with Gasteiger partial charge in [-0.3, -0.25) is 4.79 Å². The van der Waals surface area contributed by atoms with E-state index in [4.69, 9.17) is 32.9 Å². The largest absolute Gasteiger partial charge is 0.496 e. The fraction of sp³-hybridized carbons (Fsp3) is 0.226. The molecule has 2 aliphatic rings. The van der Waals surface area contributed by atoms with E-state index in [1.807, 2.05) is 103 Å². The van der Waals surface area contributed by atoms with Crippen molar-refractivity contribution < 1.29 is 9.53 Å². The third-order valence-electron chi connectivity index (χ3n) is 6.72. The van der Waals surface area contributed by atoms with Crippen LogP contribution in [0.15, 0.2) is 95.3 Å². The second-order valence-electron chi connectivity index (χ2n) is 9.72. The molecule has 0 fully saturated rings. The number of methoxy groups -OCH3 is 1. The van der Waals surface area contributed by atoms with Crippen molar-refractivity contribution in [2.75, 3.05) is 34.3 Å². The number of hydrogen-bond acceptors (Lipinski definition) is 6. The highest BCUT2D eigenvalue weighted by atomic mass is 35.5. The summed E-state index contributed by atoms with van der Waals surface area (Å²) in [6.07, 6.45) is 2.49. The Bertz CT molecular complexity index is 1480. The number of likely N-dealkylation sites (N-methyl/N-ethyl adjacent to an activating group) is 1. The molecule has 3 aromatic carbocycles. The van der Waals surface area contributed by atoms with E-state index in [1.54, 1.807) is 7.11 Å². The molecule has 0 radical (unpaired) electrons. The highest BCUT2D eigenvalue weighted by molar-refractivity contribution is 8.22. The van der Waals surface area contributed by atoms with Gasteiger partial charge >= 0.3 is 0 Å². The number of fused-ring (bicyclic) bond motifs is 1. The molecule has 0 bridgehead atoms. The Morgan fingerprint density at radius 1 is 1.02 bits per heavy atom. The Labute approximate surface area is 249 Å². The van der Waals surface area contributed by atoms with Crippen LogP contribution in [0.2, 0.25) is 10.0 Å². The maximum absolute atomic E-state index is 14.0. The number of ether oxygens (including phenoxy) is 1. The minimum absolute atomic E-state index is 0.158. The third kappa shape index (κ3) is 5.93. The number of nitrogens with one attached hydrogen (secondary N) is 1. The van der Waals surface area contributed by atoms with Crippen molar-refractivity contribution in [3.05, 3.63) is 117 Å². The Morgan fingerprint density at radius 2 is 1.73 bits per heavy atom. The Hall–Kier alpha value is -3.23. The monoisotopic (exact) mass is 592 g/mol. The van der Waals surface area contributed by atoms with Gasteiger partial charge < -0.3 is 19.9 Å². The van der Waals surface area contributed by atoms with Crippen LogP contribution in [-0.2, 0) is 11.2 Å². The zero-order valence-electron chi connectivity index (χ0n) is 22.5. The quantitative estimate of drug-likeness (QED) is 0.302. The highest BCUT2D eigenvalue weighted by Crippen LogP contribution is 2.50. The molecule has 1 unspecified atom stereocenters. The van der Waals surface area contributed by atoms with E-state index in [1.165, 1.54) is 11.8 Å². The van der Waals surface area contributed by atoms with Gasteiger partial charge in [-0.15, -0.1) is 0 Å². The summed E-state index contributed by atoms with van der Waals surface area (Å²) < 4.78 is 5.79. The normalized spacial score (nSPS) is 16.6. The lowest BCUT2D eigenvalue weighted by molar-refractivity contribution is -0.118. The molecule has 40 heavy (non-hydrogen) atoms. The van der Waals surface area contributed by atoms with E-state index in [2.05, 4.69) is 5.32 Å². The number of aliphatic imine (C=N–C) groups is 1. The minimum atomic E-state index is -0.479. The third-order valence-corrected chi connectivity index (χ3v) is 8.36. The second-order valence-corrected chi connectivity index (χ2v) is 11.5. The molecule has 0 aromatic heterocycles. The molecule has 2 aliphatic heterocycles.